The monoisotopic (exact) mass is 387 g/mol. The molecule has 3 aromatic rings. The Bertz CT molecular complexity index is 868. The fourth-order valence-electron chi connectivity index (χ4n) is 3.65. The maximum atomic E-state index is 12.8. The zero-order valence-corrected chi connectivity index (χ0v) is 16.3. The van der Waals surface area contributed by atoms with Gasteiger partial charge in [0.25, 0.3) is 0 Å². The van der Waals surface area contributed by atoms with Crippen molar-refractivity contribution in [2.45, 2.75) is 12.3 Å². The quantitative estimate of drug-likeness (QED) is 0.692. The number of nitrogens with zero attached hydrogens (tertiary/aromatic N) is 2. The zero-order chi connectivity index (χ0) is 19.9. The van der Waals surface area contributed by atoms with Gasteiger partial charge in [0.15, 0.2) is 0 Å². The normalized spacial score (nSPS) is 14.0. The van der Waals surface area contributed by atoms with Crippen molar-refractivity contribution in [3.8, 4) is 0 Å². The third-order valence-electron chi connectivity index (χ3n) is 5.18. The van der Waals surface area contributed by atoms with Crippen molar-refractivity contribution in [2.75, 3.05) is 36.5 Å². The molecule has 1 N–H and O–H groups in total. The lowest BCUT2D eigenvalue weighted by Crippen LogP contribution is -2.36. The van der Waals surface area contributed by atoms with E-state index in [2.05, 4.69) is 39.5 Å². The topological polar surface area (TPSA) is 54.5 Å². The third kappa shape index (κ3) is 5.00. The first kappa shape index (κ1) is 19.2. The number of aromatic nitrogens is 1. The standard InChI is InChI=1S/C24H25N3O2/c28-24(26-23-12-11-21(18-25-23)27-13-15-29-16-14-27)17-22(19-7-3-1-4-8-19)20-9-5-2-6-10-20/h1-12,18,22H,13-17H2,(H,25,26,28). The average Bonchev–Trinajstić information content (AvgIpc) is 2.80. The van der Waals surface area contributed by atoms with Gasteiger partial charge in [-0.3, -0.25) is 4.79 Å². The summed E-state index contributed by atoms with van der Waals surface area (Å²) >= 11 is 0. The number of hydrogen-bond donors (Lipinski definition) is 1. The molecule has 4 rings (SSSR count). The van der Waals surface area contributed by atoms with Crippen LogP contribution in [0.25, 0.3) is 0 Å². The van der Waals surface area contributed by atoms with Gasteiger partial charge >= 0.3 is 0 Å². The van der Waals surface area contributed by atoms with Crippen LogP contribution in [0.5, 0.6) is 0 Å². The van der Waals surface area contributed by atoms with Crippen LogP contribution < -0.4 is 10.2 Å². The minimum Gasteiger partial charge on any atom is -0.378 e. The van der Waals surface area contributed by atoms with Gasteiger partial charge in [0.1, 0.15) is 5.82 Å². The molecular weight excluding hydrogens is 362 g/mol. The predicted molar refractivity (Wildman–Crippen MR) is 115 cm³/mol. The molecule has 0 radical (unpaired) electrons. The minimum atomic E-state index is -0.0469. The van der Waals surface area contributed by atoms with E-state index in [4.69, 9.17) is 4.74 Å². The molecular formula is C24H25N3O2. The highest BCUT2D eigenvalue weighted by Crippen LogP contribution is 2.28. The molecule has 1 aliphatic heterocycles. The Kier molecular flexibility index (Phi) is 6.17. The van der Waals surface area contributed by atoms with E-state index in [1.807, 2.05) is 54.7 Å². The van der Waals surface area contributed by atoms with Crippen LogP contribution in [0, 0.1) is 0 Å². The first-order valence-electron chi connectivity index (χ1n) is 9.98. The summed E-state index contributed by atoms with van der Waals surface area (Å²) in [6, 6.07) is 24.2. The van der Waals surface area contributed by atoms with Crippen LogP contribution in [-0.4, -0.2) is 37.2 Å². The lowest BCUT2D eigenvalue weighted by atomic mass is 9.88. The molecule has 1 aromatic heterocycles. The summed E-state index contributed by atoms with van der Waals surface area (Å²) in [6.45, 7) is 3.20. The molecule has 5 nitrogen and oxygen atoms in total. The van der Waals surface area contributed by atoms with E-state index in [0.29, 0.717) is 12.2 Å². The zero-order valence-electron chi connectivity index (χ0n) is 16.3. The van der Waals surface area contributed by atoms with Gasteiger partial charge in [0.2, 0.25) is 5.91 Å². The molecule has 5 heteroatoms. The number of carbonyl (C=O) groups is 1. The van der Waals surface area contributed by atoms with E-state index in [0.717, 1.165) is 43.1 Å². The maximum absolute atomic E-state index is 12.8. The summed E-state index contributed by atoms with van der Waals surface area (Å²) in [5, 5.41) is 2.95. The van der Waals surface area contributed by atoms with Crippen LogP contribution in [0.2, 0.25) is 0 Å². The number of hydrogen-bond acceptors (Lipinski definition) is 4. The number of rotatable bonds is 6. The van der Waals surface area contributed by atoms with Crippen molar-refractivity contribution in [2.24, 2.45) is 0 Å². The Labute approximate surface area is 171 Å². The molecule has 0 saturated carbocycles. The number of amides is 1. The van der Waals surface area contributed by atoms with Crippen molar-refractivity contribution < 1.29 is 9.53 Å². The molecule has 1 amide bonds. The molecule has 1 saturated heterocycles. The molecule has 0 spiro atoms. The molecule has 2 heterocycles. The van der Waals surface area contributed by atoms with Crippen LogP contribution in [0.1, 0.15) is 23.5 Å². The molecule has 0 atom stereocenters. The van der Waals surface area contributed by atoms with Crippen LogP contribution in [0.3, 0.4) is 0 Å². The second-order valence-electron chi connectivity index (χ2n) is 7.13. The molecule has 0 bridgehead atoms. The van der Waals surface area contributed by atoms with E-state index < -0.39 is 0 Å². The van der Waals surface area contributed by atoms with Crippen LogP contribution in [-0.2, 0) is 9.53 Å². The Balaban J connectivity index is 1.44. The lowest BCUT2D eigenvalue weighted by Gasteiger charge is -2.28. The highest BCUT2D eigenvalue weighted by atomic mass is 16.5. The van der Waals surface area contributed by atoms with Crippen molar-refractivity contribution >= 4 is 17.4 Å². The molecule has 1 aliphatic rings. The SMILES string of the molecule is O=C(CC(c1ccccc1)c1ccccc1)Nc1ccc(N2CCOCC2)cn1. The van der Waals surface area contributed by atoms with E-state index in [1.54, 1.807) is 0 Å². The van der Waals surface area contributed by atoms with Crippen molar-refractivity contribution in [1.82, 2.24) is 4.98 Å². The van der Waals surface area contributed by atoms with E-state index in [9.17, 15) is 4.79 Å². The first-order valence-corrected chi connectivity index (χ1v) is 9.98. The Morgan fingerprint density at radius 2 is 1.55 bits per heavy atom. The average molecular weight is 387 g/mol. The van der Waals surface area contributed by atoms with E-state index in [1.165, 1.54) is 0 Å². The van der Waals surface area contributed by atoms with Gasteiger partial charge in [-0.25, -0.2) is 4.98 Å². The van der Waals surface area contributed by atoms with E-state index in [-0.39, 0.29) is 11.8 Å². The second-order valence-corrected chi connectivity index (χ2v) is 7.13. The largest absolute Gasteiger partial charge is 0.378 e. The fourth-order valence-corrected chi connectivity index (χ4v) is 3.65. The molecule has 29 heavy (non-hydrogen) atoms. The van der Waals surface area contributed by atoms with Crippen molar-refractivity contribution in [3.05, 3.63) is 90.1 Å². The summed E-state index contributed by atoms with van der Waals surface area (Å²) in [7, 11) is 0. The molecule has 0 aliphatic carbocycles. The van der Waals surface area contributed by atoms with Gasteiger partial charge in [-0.15, -0.1) is 0 Å². The Hall–Kier alpha value is -3.18. The number of nitrogens with one attached hydrogen (secondary N) is 1. The van der Waals surface area contributed by atoms with Gasteiger partial charge in [-0.05, 0) is 23.3 Å². The van der Waals surface area contributed by atoms with Crippen LogP contribution in [0.15, 0.2) is 79.0 Å². The predicted octanol–water partition coefficient (Wildman–Crippen LogP) is 4.08. The van der Waals surface area contributed by atoms with Crippen LogP contribution in [0.4, 0.5) is 11.5 Å². The minimum absolute atomic E-state index is 0.00465. The summed E-state index contributed by atoms with van der Waals surface area (Å²) in [5.41, 5.74) is 3.31. The van der Waals surface area contributed by atoms with Gasteiger partial charge in [-0.1, -0.05) is 60.7 Å². The Morgan fingerprint density at radius 3 is 2.10 bits per heavy atom. The number of pyridine rings is 1. The summed E-state index contributed by atoms with van der Waals surface area (Å²) < 4.78 is 5.39. The number of morpholine rings is 1. The molecule has 1 fully saturated rings. The lowest BCUT2D eigenvalue weighted by molar-refractivity contribution is -0.116. The van der Waals surface area contributed by atoms with Crippen molar-refractivity contribution in [1.29, 1.82) is 0 Å². The number of anilines is 2. The van der Waals surface area contributed by atoms with E-state index >= 15 is 0 Å². The van der Waals surface area contributed by atoms with Gasteiger partial charge in [0.05, 0.1) is 25.1 Å². The molecule has 0 unspecified atom stereocenters. The third-order valence-corrected chi connectivity index (χ3v) is 5.18. The maximum Gasteiger partial charge on any atom is 0.226 e. The van der Waals surface area contributed by atoms with Gasteiger partial charge in [0, 0.05) is 25.4 Å². The molecule has 2 aromatic carbocycles. The highest BCUT2D eigenvalue weighted by molar-refractivity contribution is 5.90. The number of ether oxygens (including phenoxy) is 1. The first-order chi connectivity index (χ1) is 14.3. The molecule has 148 valence electrons. The highest BCUT2D eigenvalue weighted by Gasteiger charge is 2.18. The smallest absolute Gasteiger partial charge is 0.226 e. The van der Waals surface area contributed by atoms with Gasteiger partial charge < -0.3 is 15.0 Å². The number of carbonyl (C=O) groups excluding carboxylic acids is 1. The summed E-state index contributed by atoms with van der Waals surface area (Å²) in [6.07, 6.45) is 2.17. The second kappa shape index (κ2) is 9.34. The Morgan fingerprint density at radius 1 is 0.931 bits per heavy atom. The number of benzene rings is 2. The van der Waals surface area contributed by atoms with Crippen LogP contribution >= 0.6 is 0 Å². The summed E-state index contributed by atoms with van der Waals surface area (Å²) in [4.78, 5) is 19.4. The van der Waals surface area contributed by atoms with Crippen molar-refractivity contribution in [3.63, 3.8) is 0 Å². The van der Waals surface area contributed by atoms with Gasteiger partial charge in [-0.2, -0.15) is 0 Å². The fraction of sp³-hybridized carbons (Fsp3) is 0.250. The summed E-state index contributed by atoms with van der Waals surface area (Å²) in [5.74, 6) is 0.534.